The summed E-state index contributed by atoms with van der Waals surface area (Å²) in [6.45, 7) is 4.01. The zero-order chi connectivity index (χ0) is 14.0. The van der Waals surface area contributed by atoms with Crippen LogP contribution in [0.5, 0.6) is 0 Å². The van der Waals surface area contributed by atoms with Crippen LogP contribution >= 0.6 is 11.6 Å². The monoisotopic (exact) mass is 278 g/mol. The number of nitro benzene ring substituents is 1. The Labute approximate surface area is 116 Å². The molecule has 2 rings (SSSR count). The number of non-ortho nitro benzene ring substituents is 1. The Morgan fingerprint density at radius 3 is 2.74 bits per heavy atom. The van der Waals surface area contributed by atoms with E-state index in [1.54, 1.807) is 12.3 Å². The summed E-state index contributed by atoms with van der Waals surface area (Å²) < 4.78 is 0. The van der Waals surface area contributed by atoms with Crippen molar-refractivity contribution in [3.8, 4) is 0 Å². The van der Waals surface area contributed by atoms with Crippen LogP contribution in [-0.2, 0) is 0 Å². The Morgan fingerprint density at radius 1 is 1.42 bits per heavy atom. The molecule has 19 heavy (non-hydrogen) atoms. The van der Waals surface area contributed by atoms with Crippen LogP contribution in [-0.4, -0.2) is 15.3 Å². The van der Waals surface area contributed by atoms with E-state index < -0.39 is 4.92 Å². The number of nitrogens with zero attached hydrogens (tertiary/aromatic N) is 2. The first-order valence-electron chi connectivity index (χ1n) is 6.22. The zero-order valence-corrected chi connectivity index (χ0v) is 11.6. The van der Waals surface area contributed by atoms with Gasteiger partial charge in [0.2, 0.25) is 0 Å². The first-order chi connectivity index (χ1) is 9.06. The molecule has 0 radical (unpaired) electrons. The van der Waals surface area contributed by atoms with E-state index in [0.717, 1.165) is 17.4 Å². The number of alkyl halides is 1. The minimum absolute atomic E-state index is 0.0325. The Morgan fingerprint density at radius 2 is 2.16 bits per heavy atom. The molecular formula is C14H15ClN2O2. The van der Waals surface area contributed by atoms with Gasteiger partial charge in [0.1, 0.15) is 5.52 Å². The number of para-hydroxylation sites is 1. The first-order valence-corrected chi connectivity index (χ1v) is 6.66. The number of hydrogen-bond acceptors (Lipinski definition) is 3. The SMILES string of the molecule is CCC(c1ccnc2c([N+](=O)[O-])cccc12)C(C)Cl. The average molecular weight is 279 g/mol. The third-order valence-corrected chi connectivity index (χ3v) is 3.68. The predicted octanol–water partition coefficient (Wildman–Crippen LogP) is 4.26. The van der Waals surface area contributed by atoms with Gasteiger partial charge in [0.05, 0.1) is 4.92 Å². The van der Waals surface area contributed by atoms with Crippen LogP contribution in [0.3, 0.4) is 0 Å². The van der Waals surface area contributed by atoms with Crippen LogP contribution in [0.2, 0.25) is 0 Å². The van der Waals surface area contributed by atoms with Gasteiger partial charge in [0, 0.05) is 28.9 Å². The maximum atomic E-state index is 11.0. The summed E-state index contributed by atoms with van der Waals surface area (Å²) in [5.74, 6) is 0.161. The molecule has 0 spiro atoms. The summed E-state index contributed by atoms with van der Waals surface area (Å²) >= 11 is 6.23. The van der Waals surface area contributed by atoms with Gasteiger partial charge in [-0.1, -0.05) is 19.1 Å². The second kappa shape index (κ2) is 5.53. The van der Waals surface area contributed by atoms with Crippen molar-refractivity contribution in [2.24, 2.45) is 0 Å². The van der Waals surface area contributed by atoms with Gasteiger partial charge in [-0.25, -0.2) is 4.98 Å². The van der Waals surface area contributed by atoms with Gasteiger partial charge in [-0.05, 0) is 25.0 Å². The van der Waals surface area contributed by atoms with Gasteiger partial charge in [-0.15, -0.1) is 11.6 Å². The molecule has 5 heteroatoms. The highest BCUT2D eigenvalue weighted by Gasteiger charge is 2.21. The van der Waals surface area contributed by atoms with Gasteiger partial charge in [0.25, 0.3) is 5.69 Å². The third kappa shape index (κ3) is 2.54. The van der Waals surface area contributed by atoms with Crippen LogP contribution in [0, 0.1) is 10.1 Å². The molecule has 2 atom stereocenters. The lowest BCUT2D eigenvalue weighted by atomic mass is 9.91. The predicted molar refractivity (Wildman–Crippen MR) is 76.7 cm³/mol. The van der Waals surface area contributed by atoms with Gasteiger partial charge < -0.3 is 0 Å². The maximum absolute atomic E-state index is 11.0. The molecule has 0 aliphatic carbocycles. The van der Waals surface area contributed by atoms with E-state index >= 15 is 0 Å². The molecule has 100 valence electrons. The Bertz CT molecular complexity index is 613. The van der Waals surface area contributed by atoms with Crippen molar-refractivity contribution in [2.75, 3.05) is 0 Å². The van der Waals surface area contributed by atoms with Gasteiger partial charge in [-0.2, -0.15) is 0 Å². The van der Waals surface area contributed by atoms with Gasteiger partial charge in [0.15, 0.2) is 0 Å². The molecule has 0 bridgehead atoms. The molecule has 1 heterocycles. The fraction of sp³-hybridized carbons (Fsp3) is 0.357. The number of halogens is 1. The molecular weight excluding hydrogens is 264 g/mol. The lowest BCUT2D eigenvalue weighted by molar-refractivity contribution is -0.383. The van der Waals surface area contributed by atoms with Crippen molar-refractivity contribution < 1.29 is 4.92 Å². The smallest absolute Gasteiger partial charge is 0.258 e. The Kier molecular flexibility index (Phi) is 4.00. The summed E-state index contributed by atoms with van der Waals surface area (Å²) in [7, 11) is 0. The lowest BCUT2D eigenvalue weighted by Crippen LogP contribution is -2.09. The van der Waals surface area contributed by atoms with Crippen molar-refractivity contribution in [2.45, 2.75) is 31.6 Å². The molecule has 0 N–H and O–H groups in total. The van der Waals surface area contributed by atoms with E-state index in [1.807, 2.05) is 19.1 Å². The van der Waals surface area contributed by atoms with Crippen LogP contribution in [0.25, 0.3) is 10.9 Å². The fourth-order valence-corrected chi connectivity index (χ4v) is 2.76. The number of hydrogen-bond donors (Lipinski definition) is 0. The molecule has 1 aromatic heterocycles. The van der Waals surface area contributed by atoms with Crippen LogP contribution < -0.4 is 0 Å². The number of fused-ring (bicyclic) bond motifs is 1. The molecule has 0 saturated heterocycles. The summed E-state index contributed by atoms with van der Waals surface area (Å²) in [4.78, 5) is 14.8. The average Bonchev–Trinajstić information content (AvgIpc) is 2.38. The van der Waals surface area contributed by atoms with Gasteiger partial charge >= 0.3 is 0 Å². The van der Waals surface area contributed by atoms with Crippen molar-refractivity contribution in [1.29, 1.82) is 0 Å². The standard InChI is InChI=1S/C14H15ClN2O2/c1-3-10(9(2)15)11-7-8-16-14-12(11)5-4-6-13(14)17(18)19/h4-10H,3H2,1-2H3. The number of aromatic nitrogens is 1. The minimum atomic E-state index is -0.399. The second-order valence-corrected chi connectivity index (χ2v) is 5.21. The summed E-state index contributed by atoms with van der Waals surface area (Å²) in [6.07, 6.45) is 2.50. The third-order valence-electron chi connectivity index (χ3n) is 3.37. The first kappa shape index (κ1) is 13.7. The molecule has 0 amide bonds. The van der Waals surface area contributed by atoms with Gasteiger partial charge in [-0.3, -0.25) is 10.1 Å². The number of pyridine rings is 1. The Hall–Kier alpha value is -1.68. The summed E-state index contributed by atoms with van der Waals surface area (Å²) in [6, 6.07) is 6.94. The van der Waals surface area contributed by atoms with E-state index in [2.05, 4.69) is 11.9 Å². The molecule has 0 fully saturated rings. The van der Waals surface area contributed by atoms with E-state index in [-0.39, 0.29) is 17.0 Å². The van der Waals surface area contributed by atoms with Crippen LogP contribution in [0.1, 0.15) is 31.7 Å². The lowest BCUT2D eigenvalue weighted by Gasteiger charge is -2.19. The number of rotatable bonds is 4. The van der Waals surface area contributed by atoms with Crippen molar-refractivity contribution >= 4 is 28.2 Å². The molecule has 2 unspecified atom stereocenters. The molecule has 1 aromatic carbocycles. The highest BCUT2D eigenvalue weighted by molar-refractivity contribution is 6.21. The quantitative estimate of drug-likeness (QED) is 0.477. The van der Waals surface area contributed by atoms with Crippen LogP contribution in [0.15, 0.2) is 30.5 Å². The number of benzene rings is 1. The maximum Gasteiger partial charge on any atom is 0.295 e. The Balaban J connectivity index is 2.70. The van der Waals surface area contributed by atoms with Crippen molar-refractivity contribution in [3.63, 3.8) is 0 Å². The molecule has 4 nitrogen and oxygen atoms in total. The summed E-state index contributed by atoms with van der Waals surface area (Å²) in [5.41, 5.74) is 1.50. The van der Waals surface area contributed by atoms with Crippen molar-refractivity contribution in [1.82, 2.24) is 4.98 Å². The fourth-order valence-electron chi connectivity index (χ4n) is 2.44. The molecule has 0 saturated carbocycles. The topological polar surface area (TPSA) is 56.0 Å². The summed E-state index contributed by atoms with van der Waals surface area (Å²) in [5, 5.41) is 11.8. The van der Waals surface area contributed by atoms with Crippen molar-refractivity contribution in [3.05, 3.63) is 46.1 Å². The normalized spacial score (nSPS) is 14.3. The second-order valence-electron chi connectivity index (χ2n) is 4.52. The highest BCUT2D eigenvalue weighted by atomic mass is 35.5. The molecule has 2 aromatic rings. The zero-order valence-electron chi connectivity index (χ0n) is 10.8. The molecule has 0 aliphatic rings. The number of nitro groups is 1. The van der Waals surface area contributed by atoms with E-state index in [4.69, 9.17) is 11.6 Å². The largest absolute Gasteiger partial charge is 0.295 e. The van der Waals surface area contributed by atoms with Crippen LogP contribution in [0.4, 0.5) is 5.69 Å². The van der Waals surface area contributed by atoms with E-state index in [9.17, 15) is 10.1 Å². The highest BCUT2D eigenvalue weighted by Crippen LogP contribution is 2.34. The molecule has 0 aliphatic heterocycles. The van der Waals surface area contributed by atoms with E-state index in [1.165, 1.54) is 6.07 Å². The van der Waals surface area contributed by atoms with E-state index in [0.29, 0.717) is 5.52 Å². The minimum Gasteiger partial charge on any atom is -0.258 e.